The Morgan fingerprint density at radius 1 is 1.22 bits per heavy atom. The van der Waals surface area contributed by atoms with Crippen molar-refractivity contribution >= 4 is 29.2 Å². The first-order chi connectivity index (χ1) is 12.8. The van der Waals surface area contributed by atoms with E-state index in [9.17, 15) is 19.5 Å². The van der Waals surface area contributed by atoms with Crippen LogP contribution in [-0.2, 0) is 4.79 Å². The fourth-order valence-corrected chi connectivity index (χ4v) is 3.40. The first-order valence-corrected chi connectivity index (χ1v) is 9.21. The van der Waals surface area contributed by atoms with Gasteiger partial charge in [0.2, 0.25) is 0 Å². The number of nitrogens with zero attached hydrogens (tertiary/aromatic N) is 1. The van der Waals surface area contributed by atoms with E-state index in [1.54, 1.807) is 6.92 Å². The highest BCUT2D eigenvalue weighted by atomic mass is 32.1. The van der Waals surface area contributed by atoms with Crippen molar-refractivity contribution < 1.29 is 19.5 Å². The molecule has 0 aliphatic rings. The standard InChI is InChI=1S/C18H22N4O4S/c1-10-5-7-12(8-6-10)16-21-11(2)14(27-16)15(23)22-13(17(24)25)4-3-9-20-18(19)26/h5-8,13H,3-4,9H2,1-2H3,(H,22,23)(H,24,25)(H3,19,20,26)/t13-/m0/s1. The van der Waals surface area contributed by atoms with Crippen molar-refractivity contribution in [3.05, 3.63) is 40.4 Å². The van der Waals surface area contributed by atoms with E-state index in [1.807, 2.05) is 31.2 Å². The third kappa shape index (κ3) is 5.78. The molecule has 0 saturated heterocycles. The van der Waals surface area contributed by atoms with Crippen molar-refractivity contribution in [2.75, 3.05) is 6.54 Å². The normalized spacial score (nSPS) is 11.6. The minimum Gasteiger partial charge on any atom is -0.480 e. The van der Waals surface area contributed by atoms with Crippen LogP contribution in [0.5, 0.6) is 0 Å². The number of carboxylic acid groups (broad SMARTS) is 1. The molecule has 1 aromatic heterocycles. The Hall–Kier alpha value is -2.94. The number of hydrogen-bond donors (Lipinski definition) is 4. The number of rotatable bonds is 8. The number of benzene rings is 1. The molecule has 2 aromatic rings. The molecule has 2 rings (SSSR count). The Morgan fingerprint density at radius 3 is 2.48 bits per heavy atom. The third-order valence-electron chi connectivity index (χ3n) is 3.87. The second kappa shape index (κ2) is 9.13. The predicted octanol–water partition coefficient (Wildman–Crippen LogP) is 2.06. The lowest BCUT2D eigenvalue weighted by Crippen LogP contribution is -2.41. The van der Waals surface area contributed by atoms with E-state index in [-0.39, 0.29) is 13.0 Å². The summed E-state index contributed by atoms with van der Waals surface area (Å²) in [4.78, 5) is 39.4. The number of aliphatic carboxylic acids is 1. The number of carbonyl (C=O) groups is 3. The summed E-state index contributed by atoms with van der Waals surface area (Å²) >= 11 is 1.22. The van der Waals surface area contributed by atoms with Crippen molar-refractivity contribution in [1.29, 1.82) is 0 Å². The number of carboxylic acids is 1. The van der Waals surface area contributed by atoms with E-state index >= 15 is 0 Å². The molecule has 0 aliphatic carbocycles. The van der Waals surface area contributed by atoms with Crippen molar-refractivity contribution in [2.24, 2.45) is 5.73 Å². The van der Waals surface area contributed by atoms with Gasteiger partial charge in [-0.05, 0) is 26.7 Å². The zero-order chi connectivity index (χ0) is 20.0. The molecule has 27 heavy (non-hydrogen) atoms. The predicted molar refractivity (Wildman–Crippen MR) is 103 cm³/mol. The first kappa shape index (κ1) is 20.4. The molecule has 0 spiro atoms. The number of urea groups is 1. The lowest BCUT2D eigenvalue weighted by molar-refractivity contribution is -0.139. The largest absolute Gasteiger partial charge is 0.480 e. The molecule has 0 saturated carbocycles. The summed E-state index contributed by atoms with van der Waals surface area (Å²) in [7, 11) is 0. The number of carbonyl (C=O) groups excluding carboxylic acids is 2. The Morgan fingerprint density at radius 2 is 1.89 bits per heavy atom. The first-order valence-electron chi connectivity index (χ1n) is 8.39. The SMILES string of the molecule is Cc1ccc(-c2nc(C)c(C(=O)N[C@@H](CCCNC(N)=O)C(=O)O)s2)cc1. The number of nitrogens with one attached hydrogen (secondary N) is 2. The van der Waals surface area contributed by atoms with Gasteiger partial charge in [0, 0.05) is 12.1 Å². The van der Waals surface area contributed by atoms with Gasteiger partial charge in [0.1, 0.15) is 15.9 Å². The molecule has 8 nitrogen and oxygen atoms in total. The maximum absolute atomic E-state index is 12.5. The van der Waals surface area contributed by atoms with Crippen molar-refractivity contribution in [2.45, 2.75) is 32.7 Å². The summed E-state index contributed by atoms with van der Waals surface area (Å²) in [6, 6.07) is 6.06. The summed E-state index contributed by atoms with van der Waals surface area (Å²) in [6.45, 7) is 3.95. The lowest BCUT2D eigenvalue weighted by Gasteiger charge is -2.14. The van der Waals surface area contributed by atoms with Gasteiger partial charge in [-0.15, -0.1) is 11.3 Å². The second-order valence-electron chi connectivity index (χ2n) is 6.10. The van der Waals surface area contributed by atoms with Crippen LogP contribution in [-0.4, -0.2) is 40.6 Å². The molecule has 0 fully saturated rings. The van der Waals surface area contributed by atoms with Crippen molar-refractivity contribution in [3.63, 3.8) is 0 Å². The van der Waals surface area contributed by atoms with Gasteiger partial charge in [0.05, 0.1) is 5.69 Å². The van der Waals surface area contributed by atoms with Crippen LogP contribution in [0.25, 0.3) is 10.6 Å². The van der Waals surface area contributed by atoms with E-state index in [4.69, 9.17) is 5.73 Å². The smallest absolute Gasteiger partial charge is 0.326 e. The summed E-state index contributed by atoms with van der Waals surface area (Å²) in [5.74, 6) is -1.61. The number of primary amides is 1. The minimum atomic E-state index is -1.14. The summed E-state index contributed by atoms with van der Waals surface area (Å²) < 4.78 is 0. The Kier molecular flexibility index (Phi) is 6.89. The summed E-state index contributed by atoms with van der Waals surface area (Å²) in [6.07, 6.45) is 0.542. The average molecular weight is 390 g/mol. The highest BCUT2D eigenvalue weighted by Crippen LogP contribution is 2.28. The van der Waals surface area contributed by atoms with Gasteiger partial charge in [0.15, 0.2) is 0 Å². The van der Waals surface area contributed by atoms with Crippen LogP contribution >= 0.6 is 11.3 Å². The molecule has 5 N–H and O–H groups in total. The van der Waals surface area contributed by atoms with E-state index in [1.165, 1.54) is 11.3 Å². The number of thiazole rings is 1. The fourth-order valence-electron chi connectivity index (χ4n) is 2.43. The van der Waals surface area contributed by atoms with E-state index in [0.717, 1.165) is 11.1 Å². The van der Waals surface area contributed by atoms with Gasteiger partial charge in [-0.3, -0.25) is 4.79 Å². The van der Waals surface area contributed by atoms with E-state index in [2.05, 4.69) is 15.6 Å². The Balaban J connectivity index is 2.06. The van der Waals surface area contributed by atoms with E-state index < -0.39 is 23.9 Å². The zero-order valence-electron chi connectivity index (χ0n) is 15.1. The summed E-state index contributed by atoms with van der Waals surface area (Å²) in [5.41, 5.74) is 7.54. The highest BCUT2D eigenvalue weighted by molar-refractivity contribution is 7.17. The monoisotopic (exact) mass is 390 g/mol. The molecular formula is C18H22N4O4S. The Bertz CT molecular complexity index is 832. The van der Waals surface area contributed by atoms with Crippen molar-refractivity contribution in [3.8, 4) is 10.6 Å². The second-order valence-corrected chi connectivity index (χ2v) is 7.10. The number of aromatic nitrogens is 1. The van der Waals surface area contributed by atoms with Crippen LogP contribution in [0, 0.1) is 13.8 Å². The van der Waals surface area contributed by atoms with Crippen molar-refractivity contribution in [1.82, 2.24) is 15.6 Å². The molecule has 0 bridgehead atoms. The summed E-state index contributed by atoms with van der Waals surface area (Å²) in [5, 5.41) is 14.9. The van der Waals surface area contributed by atoms with Crippen LogP contribution in [0.3, 0.4) is 0 Å². The van der Waals surface area contributed by atoms with Gasteiger partial charge in [-0.1, -0.05) is 29.8 Å². The molecule has 144 valence electrons. The maximum atomic E-state index is 12.5. The molecule has 0 aliphatic heterocycles. The van der Waals surface area contributed by atoms with Crippen LogP contribution < -0.4 is 16.4 Å². The quantitative estimate of drug-likeness (QED) is 0.512. The molecule has 1 aromatic carbocycles. The number of hydrogen-bond acceptors (Lipinski definition) is 5. The molecule has 1 atom stereocenters. The number of nitrogens with two attached hydrogens (primary N) is 1. The van der Waals surface area contributed by atoms with E-state index in [0.29, 0.717) is 22.0 Å². The lowest BCUT2D eigenvalue weighted by atomic mass is 10.1. The van der Waals surface area contributed by atoms with Gasteiger partial charge >= 0.3 is 12.0 Å². The van der Waals surface area contributed by atoms with Crippen LogP contribution in [0.2, 0.25) is 0 Å². The maximum Gasteiger partial charge on any atom is 0.326 e. The number of amides is 3. The van der Waals surface area contributed by atoms with Gasteiger partial charge < -0.3 is 21.5 Å². The number of aryl methyl sites for hydroxylation is 2. The topological polar surface area (TPSA) is 134 Å². The fraction of sp³-hybridized carbons (Fsp3) is 0.333. The molecule has 0 unspecified atom stereocenters. The molecule has 3 amide bonds. The van der Waals surface area contributed by atoms with Crippen LogP contribution in [0.15, 0.2) is 24.3 Å². The molecule has 1 heterocycles. The molecule has 9 heteroatoms. The zero-order valence-corrected chi connectivity index (χ0v) is 15.9. The van der Waals surface area contributed by atoms with Gasteiger partial charge in [-0.2, -0.15) is 0 Å². The highest BCUT2D eigenvalue weighted by Gasteiger charge is 2.23. The molecular weight excluding hydrogens is 368 g/mol. The van der Waals surface area contributed by atoms with Gasteiger partial charge in [-0.25, -0.2) is 14.6 Å². The van der Waals surface area contributed by atoms with Crippen LogP contribution in [0.1, 0.15) is 33.8 Å². The van der Waals surface area contributed by atoms with Gasteiger partial charge in [0.25, 0.3) is 5.91 Å². The molecule has 0 radical (unpaired) electrons. The minimum absolute atomic E-state index is 0.171. The Labute approximate surface area is 160 Å². The third-order valence-corrected chi connectivity index (χ3v) is 5.08. The van der Waals surface area contributed by atoms with Crippen LogP contribution in [0.4, 0.5) is 4.79 Å². The average Bonchev–Trinajstić information content (AvgIpc) is 2.99.